The molecule has 3 nitrogen and oxygen atoms in total. The van der Waals surface area contributed by atoms with Crippen LogP contribution in [0.2, 0.25) is 0 Å². The van der Waals surface area contributed by atoms with Crippen molar-refractivity contribution in [1.82, 2.24) is 4.98 Å². The third kappa shape index (κ3) is 3.44. The predicted octanol–water partition coefficient (Wildman–Crippen LogP) is 4.84. The number of hydrogen-bond donors (Lipinski definition) is 1. The van der Waals surface area contributed by atoms with Crippen LogP contribution in [-0.2, 0) is 6.18 Å². The van der Waals surface area contributed by atoms with Crippen LogP contribution in [0.4, 0.5) is 13.2 Å². The average molecular weight is 356 g/mol. The Morgan fingerprint density at radius 3 is 2.27 bits per heavy atom. The van der Waals surface area contributed by atoms with Gasteiger partial charge in [-0.05, 0) is 47.9 Å². The van der Waals surface area contributed by atoms with Crippen LogP contribution in [0.5, 0.6) is 0 Å². The van der Waals surface area contributed by atoms with Gasteiger partial charge in [0.15, 0.2) is 0 Å². The van der Waals surface area contributed by atoms with Crippen molar-refractivity contribution in [1.29, 1.82) is 0 Å². The maximum absolute atomic E-state index is 13.5. The van der Waals surface area contributed by atoms with Crippen molar-refractivity contribution in [2.45, 2.75) is 13.1 Å². The molecule has 132 valence electrons. The molecule has 3 aromatic rings. The molecule has 0 unspecified atom stereocenters. The highest BCUT2D eigenvalue weighted by molar-refractivity contribution is 5.95. The lowest BCUT2D eigenvalue weighted by molar-refractivity contribution is -0.137. The van der Waals surface area contributed by atoms with Crippen LogP contribution in [0.3, 0.4) is 0 Å². The number of aromatic nitrogens is 1. The molecule has 0 aliphatic carbocycles. The molecular weight excluding hydrogens is 341 g/mol. The smallest absolute Gasteiger partial charge is 0.366 e. The lowest BCUT2D eigenvalue weighted by atomic mass is 9.91. The number of primary amides is 1. The second-order valence-corrected chi connectivity index (χ2v) is 5.86. The van der Waals surface area contributed by atoms with Crippen LogP contribution in [0, 0.1) is 6.92 Å². The number of carbonyl (C=O) groups excluding carboxylic acids is 1. The number of nitrogens with two attached hydrogens (primary N) is 1. The van der Waals surface area contributed by atoms with E-state index in [1.165, 1.54) is 12.3 Å². The van der Waals surface area contributed by atoms with E-state index < -0.39 is 17.6 Å². The predicted molar refractivity (Wildman–Crippen MR) is 93.4 cm³/mol. The third-order valence-electron chi connectivity index (χ3n) is 4.03. The molecule has 0 aliphatic heterocycles. The van der Waals surface area contributed by atoms with Gasteiger partial charge in [-0.2, -0.15) is 13.2 Å². The normalized spacial score (nSPS) is 11.4. The average Bonchev–Trinajstić information content (AvgIpc) is 2.61. The summed E-state index contributed by atoms with van der Waals surface area (Å²) in [6, 6.07) is 13.9. The Morgan fingerprint density at radius 1 is 0.962 bits per heavy atom. The molecule has 1 aromatic heterocycles. The van der Waals surface area contributed by atoms with Crippen LogP contribution in [-0.4, -0.2) is 10.9 Å². The van der Waals surface area contributed by atoms with Crippen LogP contribution >= 0.6 is 0 Å². The summed E-state index contributed by atoms with van der Waals surface area (Å²) in [5.74, 6) is -0.790. The van der Waals surface area contributed by atoms with E-state index >= 15 is 0 Å². The fourth-order valence-corrected chi connectivity index (χ4v) is 2.80. The van der Waals surface area contributed by atoms with E-state index in [2.05, 4.69) is 4.98 Å². The Morgan fingerprint density at radius 2 is 1.65 bits per heavy atom. The number of carbonyl (C=O) groups is 1. The molecule has 2 N–H and O–H groups in total. The third-order valence-corrected chi connectivity index (χ3v) is 4.03. The van der Waals surface area contributed by atoms with Gasteiger partial charge in [-0.25, -0.2) is 0 Å². The molecule has 0 bridgehead atoms. The molecule has 1 heterocycles. The summed E-state index contributed by atoms with van der Waals surface area (Å²) >= 11 is 0. The van der Waals surface area contributed by atoms with Gasteiger partial charge >= 0.3 is 6.18 Å². The van der Waals surface area contributed by atoms with Crippen LogP contribution in [0.15, 0.2) is 60.8 Å². The van der Waals surface area contributed by atoms with Crippen molar-refractivity contribution in [2.75, 3.05) is 0 Å². The molecule has 0 fully saturated rings. The molecule has 0 aliphatic rings. The molecule has 0 saturated heterocycles. The lowest BCUT2D eigenvalue weighted by Gasteiger charge is -2.17. The van der Waals surface area contributed by atoms with E-state index in [4.69, 9.17) is 5.73 Å². The van der Waals surface area contributed by atoms with Crippen molar-refractivity contribution >= 4 is 5.91 Å². The number of nitrogens with zero attached hydrogens (tertiary/aromatic N) is 1. The fourth-order valence-electron chi connectivity index (χ4n) is 2.80. The summed E-state index contributed by atoms with van der Waals surface area (Å²) in [6.45, 7) is 1.76. The lowest BCUT2D eigenvalue weighted by Crippen LogP contribution is -2.13. The first kappa shape index (κ1) is 17.7. The zero-order valence-corrected chi connectivity index (χ0v) is 13.8. The number of benzene rings is 2. The Kier molecular flexibility index (Phi) is 4.50. The highest BCUT2D eigenvalue weighted by Crippen LogP contribution is 2.41. The van der Waals surface area contributed by atoms with Crippen molar-refractivity contribution < 1.29 is 18.0 Å². The molecule has 26 heavy (non-hydrogen) atoms. The van der Waals surface area contributed by atoms with E-state index in [-0.39, 0.29) is 16.7 Å². The van der Waals surface area contributed by atoms with Gasteiger partial charge in [-0.3, -0.25) is 9.78 Å². The zero-order chi connectivity index (χ0) is 18.9. The largest absolute Gasteiger partial charge is 0.417 e. The quantitative estimate of drug-likeness (QED) is 0.730. The molecule has 3 rings (SSSR count). The Balaban J connectivity index is 2.33. The van der Waals surface area contributed by atoms with Gasteiger partial charge in [0.05, 0.1) is 5.56 Å². The summed E-state index contributed by atoms with van der Waals surface area (Å²) in [5, 5.41) is 0. The highest BCUT2D eigenvalue weighted by Gasteiger charge is 2.34. The fraction of sp³-hybridized carbons (Fsp3) is 0.100. The second-order valence-electron chi connectivity index (χ2n) is 5.86. The minimum atomic E-state index is -4.58. The number of halogens is 3. The minimum Gasteiger partial charge on any atom is -0.366 e. The molecule has 0 radical (unpaired) electrons. The van der Waals surface area contributed by atoms with Gasteiger partial charge in [-0.15, -0.1) is 0 Å². The van der Waals surface area contributed by atoms with Crippen molar-refractivity contribution in [3.63, 3.8) is 0 Å². The topological polar surface area (TPSA) is 56.0 Å². The first-order valence-electron chi connectivity index (χ1n) is 7.81. The molecule has 6 heteroatoms. The number of aryl methyl sites for hydroxylation is 1. The molecule has 0 saturated carbocycles. The number of amides is 1. The number of hydrogen-bond acceptors (Lipinski definition) is 2. The van der Waals surface area contributed by atoms with Crippen molar-refractivity contribution in [2.24, 2.45) is 5.73 Å². The summed E-state index contributed by atoms with van der Waals surface area (Å²) in [7, 11) is 0. The van der Waals surface area contributed by atoms with Crippen LogP contribution in [0.1, 0.15) is 21.6 Å². The molecule has 0 spiro atoms. The number of pyridine rings is 1. The minimum absolute atomic E-state index is 0.00702. The maximum atomic E-state index is 13.5. The molecule has 0 atom stereocenters. The maximum Gasteiger partial charge on any atom is 0.417 e. The van der Waals surface area contributed by atoms with Crippen LogP contribution < -0.4 is 5.73 Å². The summed E-state index contributed by atoms with van der Waals surface area (Å²) < 4.78 is 40.6. The van der Waals surface area contributed by atoms with Gasteiger partial charge in [0.25, 0.3) is 0 Å². The van der Waals surface area contributed by atoms with E-state index in [9.17, 15) is 18.0 Å². The Hall–Kier alpha value is -3.15. The second kappa shape index (κ2) is 6.63. The molecule has 2 aromatic carbocycles. The summed E-state index contributed by atoms with van der Waals surface area (Å²) in [6.07, 6.45) is -3.18. The van der Waals surface area contributed by atoms with Gasteiger partial charge in [0, 0.05) is 23.0 Å². The molecular formula is C20H15F3N2O. The summed E-state index contributed by atoms with van der Waals surface area (Å²) in [5.41, 5.74) is 6.62. The first-order valence-corrected chi connectivity index (χ1v) is 7.81. The van der Waals surface area contributed by atoms with Gasteiger partial charge in [0.2, 0.25) is 5.91 Å². The van der Waals surface area contributed by atoms with Crippen molar-refractivity contribution in [3.8, 4) is 22.3 Å². The first-order chi connectivity index (χ1) is 12.3. The van der Waals surface area contributed by atoms with E-state index in [1.54, 1.807) is 25.1 Å². The van der Waals surface area contributed by atoms with E-state index in [0.29, 0.717) is 11.3 Å². The molecule has 1 amide bonds. The monoisotopic (exact) mass is 356 g/mol. The van der Waals surface area contributed by atoms with Gasteiger partial charge in [0.1, 0.15) is 0 Å². The summed E-state index contributed by atoms with van der Waals surface area (Å²) in [4.78, 5) is 15.6. The Labute approximate surface area is 148 Å². The zero-order valence-electron chi connectivity index (χ0n) is 13.8. The van der Waals surface area contributed by atoms with Gasteiger partial charge in [-0.1, -0.05) is 30.3 Å². The van der Waals surface area contributed by atoms with E-state index in [1.807, 2.05) is 18.2 Å². The highest BCUT2D eigenvalue weighted by atomic mass is 19.4. The number of alkyl halides is 3. The van der Waals surface area contributed by atoms with Crippen molar-refractivity contribution in [3.05, 3.63) is 77.6 Å². The standard InChI is InChI=1S/C20H15F3N2O/c1-12-9-15(13-5-3-2-4-6-13)17(11-25-12)16-10-14(19(24)26)7-8-18(16)20(21,22)23/h2-11H,1H3,(H2,24,26). The van der Waals surface area contributed by atoms with E-state index in [0.717, 1.165) is 17.7 Å². The van der Waals surface area contributed by atoms with Gasteiger partial charge < -0.3 is 5.73 Å². The SMILES string of the molecule is Cc1cc(-c2ccccc2)c(-c2cc(C(N)=O)ccc2C(F)(F)F)cn1. The van der Waals surface area contributed by atoms with Crippen LogP contribution in [0.25, 0.3) is 22.3 Å². The Bertz CT molecular complexity index is 967. The number of rotatable bonds is 3.